The number of hydrogen-bond acceptors (Lipinski definition) is 2. The third-order valence-electron chi connectivity index (χ3n) is 3.65. The third kappa shape index (κ3) is 2.10. The highest BCUT2D eigenvalue weighted by Crippen LogP contribution is 2.42. The number of nitrogens with one attached hydrogen (secondary N) is 1. The zero-order valence-electron chi connectivity index (χ0n) is 9.79. The number of carbonyl (C=O) groups is 1. The van der Waals surface area contributed by atoms with Crippen LogP contribution in [-0.2, 0) is 0 Å². The summed E-state index contributed by atoms with van der Waals surface area (Å²) in [6.45, 7) is 4.54. The van der Waals surface area contributed by atoms with E-state index in [9.17, 15) is 4.79 Å². The number of carboxylic acids is 1. The van der Waals surface area contributed by atoms with E-state index < -0.39 is 5.97 Å². The first-order chi connectivity index (χ1) is 7.49. The molecule has 4 heteroatoms. The van der Waals surface area contributed by atoms with Gasteiger partial charge in [0.1, 0.15) is 5.56 Å². The summed E-state index contributed by atoms with van der Waals surface area (Å²) in [4.78, 5) is 11.0. The summed E-state index contributed by atoms with van der Waals surface area (Å²) in [6, 6.07) is 0. The largest absolute Gasteiger partial charge is 0.478 e. The van der Waals surface area contributed by atoms with Gasteiger partial charge in [-0.1, -0.05) is 13.8 Å². The van der Waals surface area contributed by atoms with Gasteiger partial charge < -0.3 is 5.11 Å². The highest BCUT2D eigenvalue weighted by Gasteiger charge is 2.30. The van der Waals surface area contributed by atoms with Gasteiger partial charge in [0.05, 0.1) is 11.9 Å². The predicted octanol–water partition coefficient (Wildman–Crippen LogP) is 2.79. The lowest BCUT2D eigenvalue weighted by atomic mass is 9.72. The third-order valence-corrected chi connectivity index (χ3v) is 3.65. The van der Waals surface area contributed by atoms with Crippen LogP contribution in [0.2, 0.25) is 0 Å². The van der Waals surface area contributed by atoms with E-state index in [0.717, 1.165) is 31.4 Å². The highest BCUT2D eigenvalue weighted by molar-refractivity contribution is 5.88. The lowest BCUT2D eigenvalue weighted by molar-refractivity contribution is 0.0694. The van der Waals surface area contributed by atoms with Gasteiger partial charge in [0.25, 0.3) is 0 Å². The van der Waals surface area contributed by atoms with Gasteiger partial charge in [-0.15, -0.1) is 0 Å². The molecule has 0 atom stereocenters. The summed E-state index contributed by atoms with van der Waals surface area (Å²) in [6.07, 6.45) is 5.81. The van der Waals surface area contributed by atoms with E-state index in [4.69, 9.17) is 5.11 Å². The normalized spacial score (nSPS) is 20.9. The maximum atomic E-state index is 11.0. The minimum absolute atomic E-state index is 0.335. The van der Waals surface area contributed by atoms with Crippen molar-refractivity contribution >= 4 is 5.97 Å². The van der Waals surface area contributed by atoms with Crippen LogP contribution in [0.25, 0.3) is 0 Å². The summed E-state index contributed by atoms with van der Waals surface area (Å²) in [5, 5.41) is 15.7. The standard InChI is InChI=1S/C12H18N2O2/c1-12(2)5-3-8(4-6-12)10-9(11(15)16)7-13-14-10/h7-8H,3-6H2,1-2H3,(H,13,14)(H,15,16). The maximum absolute atomic E-state index is 11.0. The van der Waals surface area contributed by atoms with Crippen LogP contribution < -0.4 is 0 Å². The molecule has 2 rings (SSSR count). The Morgan fingerprint density at radius 1 is 1.50 bits per heavy atom. The van der Waals surface area contributed by atoms with Crippen molar-refractivity contribution in [2.45, 2.75) is 45.4 Å². The molecule has 0 unspecified atom stereocenters. The summed E-state index contributed by atoms with van der Waals surface area (Å²) in [5.41, 5.74) is 1.55. The van der Waals surface area contributed by atoms with Crippen LogP contribution in [0.5, 0.6) is 0 Å². The Labute approximate surface area is 95.1 Å². The molecule has 16 heavy (non-hydrogen) atoms. The molecule has 1 aliphatic rings. The molecule has 1 saturated carbocycles. The van der Waals surface area contributed by atoms with Crippen molar-refractivity contribution in [3.8, 4) is 0 Å². The molecule has 0 saturated heterocycles. The molecule has 1 heterocycles. The number of aromatic nitrogens is 2. The van der Waals surface area contributed by atoms with E-state index in [1.54, 1.807) is 0 Å². The molecular weight excluding hydrogens is 204 g/mol. The molecule has 1 aliphatic carbocycles. The van der Waals surface area contributed by atoms with Gasteiger partial charge >= 0.3 is 5.97 Å². The van der Waals surface area contributed by atoms with Crippen molar-refractivity contribution in [3.05, 3.63) is 17.5 Å². The van der Waals surface area contributed by atoms with Crippen molar-refractivity contribution in [2.75, 3.05) is 0 Å². The van der Waals surface area contributed by atoms with E-state index in [-0.39, 0.29) is 0 Å². The van der Waals surface area contributed by atoms with Gasteiger partial charge in [-0.25, -0.2) is 4.79 Å². The average molecular weight is 222 g/mol. The van der Waals surface area contributed by atoms with Crippen molar-refractivity contribution in [3.63, 3.8) is 0 Å². The zero-order valence-corrected chi connectivity index (χ0v) is 9.79. The van der Waals surface area contributed by atoms with Gasteiger partial charge in [0.15, 0.2) is 0 Å². The number of aromatic carboxylic acids is 1. The fourth-order valence-electron chi connectivity index (χ4n) is 2.47. The number of H-pyrrole nitrogens is 1. The van der Waals surface area contributed by atoms with Gasteiger partial charge in [0.2, 0.25) is 0 Å². The Balaban J connectivity index is 2.14. The molecule has 0 aliphatic heterocycles. The minimum atomic E-state index is -0.881. The topological polar surface area (TPSA) is 66.0 Å². The Hall–Kier alpha value is -1.32. The fraction of sp³-hybridized carbons (Fsp3) is 0.667. The molecule has 1 aromatic rings. The van der Waals surface area contributed by atoms with Gasteiger partial charge in [0, 0.05) is 5.92 Å². The van der Waals surface area contributed by atoms with E-state index >= 15 is 0 Å². The second-order valence-electron chi connectivity index (χ2n) is 5.44. The SMILES string of the molecule is CC1(C)CCC(c2[nH]ncc2C(=O)O)CC1. The van der Waals surface area contributed by atoms with Crippen molar-refractivity contribution < 1.29 is 9.90 Å². The van der Waals surface area contributed by atoms with Crippen LogP contribution in [0.3, 0.4) is 0 Å². The molecule has 1 fully saturated rings. The quantitative estimate of drug-likeness (QED) is 0.808. The summed E-state index contributed by atoms with van der Waals surface area (Å²) in [5.74, 6) is -0.546. The maximum Gasteiger partial charge on any atom is 0.339 e. The summed E-state index contributed by atoms with van der Waals surface area (Å²) in [7, 11) is 0. The second kappa shape index (κ2) is 3.92. The number of hydrogen-bond donors (Lipinski definition) is 2. The van der Waals surface area contributed by atoms with Gasteiger partial charge in [-0.05, 0) is 31.1 Å². The van der Waals surface area contributed by atoms with Crippen LogP contribution in [0.4, 0.5) is 0 Å². The summed E-state index contributed by atoms with van der Waals surface area (Å²) < 4.78 is 0. The Bertz CT molecular complexity index is 385. The molecule has 0 bridgehead atoms. The first-order valence-corrected chi connectivity index (χ1v) is 5.76. The van der Waals surface area contributed by atoms with Gasteiger partial charge in [-0.2, -0.15) is 5.10 Å². The predicted molar refractivity (Wildman–Crippen MR) is 60.5 cm³/mol. The Morgan fingerprint density at radius 3 is 2.69 bits per heavy atom. The molecule has 0 aromatic carbocycles. The van der Waals surface area contributed by atoms with E-state index in [1.807, 2.05) is 0 Å². The smallest absolute Gasteiger partial charge is 0.339 e. The van der Waals surface area contributed by atoms with Crippen LogP contribution in [0.1, 0.15) is 61.5 Å². The van der Waals surface area contributed by atoms with Crippen LogP contribution in [0.15, 0.2) is 6.20 Å². The lowest BCUT2D eigenvalue weighted by Crippen LogP contribution is -2.21. The van der Waals surface area contributed by atoms with E-state index in [2.05, 4.69) is 24.0 Å². The molecule has 0 spiro atoms. The minimum Gasteiger partial charge on any atom is -0.478 e. The molecule has 4 nitrogen and oxygen atoms in total. The molecular formula is C12H18N2O2. The zero-order chi connectivity index (χ0) is 11.8. The number of carboxylic acid groups (broad SMARTS) is 1. The molecule has 0 amide bonds. The molecule has 1 aromatic heterocycles. The van der Waals surface area contributed by atoms with E-state index in [0.29, 0.717) is 16.9 Å². The van der Waals surface area contributed by atoms with Crippen molar-refractivity contribution in [1.29, 1.82) is 0 Å². The highest BCUT2D eigenvalue weighted by atomic mass is 16.4. The van der Waals surface area contributed by atoms with E-state index in [1.165, 1.54) is 6.20 Å². The molecule has 0 radical (unpaired) electrons. The van der Waals surface area contributed by atoms with Crippen LogP contribution in [0, 0.1) is 5.41 Å². The number of aromatic amines is 1. The van der Waals surface area contributed by atoms with Crippen molar-refractivity contribution in [2.24, 2.45) is 5.41 Å². The second-order valence-corrected chi connectivity index (χ2v) is 5.44. The first kappa shape index (κ1) is 11.2. The van der Waals surface area contributed by atoms with Crippen molar-refractivity contribution in [1.82, 2.24) is 10.2 Å². The summed E-state index contributed by atoms with van der Waals surface area (Å²) >= 11 is 0. The van der Waals surface area contributed by atoms with Gasteiger partial charge in [-0.3, -0.25) is 5.10 Å². The monoisotopic (exact) mass is 222 g/mol. The first-order valence-electron chi connectivity index (χ1n) is 5.76. The van der Waals surface area contributed by atoms with Crippen LogP contribution >= 0.6 is 0 Å². The molecule has 2 N–H and O–H groups in total. The molecule has 88 valence electrons. The number of nitrogens with zero attached hydrogens (tertiary/aromatic N) is 1. The number of rotatable bonds is 2. The fourth-order valence-corrected chi connectivity index (χ4v) is 2.47. The Kier molecular flexibility index (Phi) is 2.74. The Morgan fingerprint density at radius 2 is 2.12 bits per heavy atom. The van der Waals surface area contributed by atoms with Crippen LogP contribution in [-0.4, -0.2) is 21.3 Å². The lowest BCUT2D eigenvalue weighted by Gasteiger charge is -2.33. The average Bonchev–Trinajstić information content (AvgIpc) is 2.66.